The summed E-state index contributed by atoms with van der Waals surface area (Å²) in [7, 11) is 0. The summed E-state index contributed by atoms with van der Waals surface area (Å²) in [5.74, 6) is -1.98. The molecule has 0 aromatic carbocycles. The molecule has 110 valence electrons. The standard InChI is InChI=1S/C11H17F3N2O3/c1-10(2,3)19-9(18)16-5-4-7(6-16)15-8(17)11(12,13)14/h7H,4-6H2,1-3H3,(H,15,17)/t7-/m0/s1. The van der Waals surface area contributed by atoms with Crippen LogP contribution >= 0.6 is 0 Å². The van der Waals surface area contributed by atoms with E-state index in [9.17, 15) is 22.8 Å². The largest absolute Gasteiger partial charge is 0.471 e. The summed E-state index contributed by atoms with van der Waals surface area (Å²) in [4.78, 5) is 23.7. The molecule has 1 aliphatic rings. The first-order chi connectivity index (χ1) is 8.49. The highest BCUT2D eigenvalue weighted by Crippen LogP contribution is 2.18. The van der Waals surface area contributed by atoms with Gasteiger partial charge in [-0.3, -0.25) is 4.79 Å². The minimum absolute atomic E-state index is 0.0245. The average Bonchev–Trinajstić information content (AvgIpc) is 2.62. The van der Waals surface area contributed by atoms with E-state index in [2.05, 4.69) is 0 Å². The number of amides is 2. The highest BCUT2D eigenvalue weighted by Gasteiger charge is 2.41. The molecule has 0 saturated carbocycles. The van der Waals surface area contributed by atoms with Gasteiger partial charge in [-0.05, 0) is 27.2 Å². The number of nitrogens with one attached hydrogen (secondary N) is 1. The number of carbonyl (C=O) groups is 2. The van der Waals surface area contributed by atoms with Gasteiger partial charge in [0.05, 0.1) is 0 Å². The Morgan fingerprint density at radius 3 is 2.32 bits per heavy atom. The first-order valence-corrected chi connectivity index (χ1v) is 5.84. The predicted octanol–water partition coefficient (Wildman–Crippen LogP) is 1.67. The molecule has 0 aromatic heterocycles. The highest BCUT2D eigenvalue weighted by molar-refractivity contribution is 5.82. The van der Waals surface area contributed by atoms with Crippen LogP contribution in [0, 0.1) is 0 Å². The highest BCUT2D eigenvalue weighted by atomic mass is 19.4. The quantitative estimate of drug-likeness (QED) is 0.796. The van der Waals surface area contributed by atoms with Crippen molar-refractivity contribution >= 4 is 12.0 Å². The Balaban J connectivity index is 2.46. The number of rotatable bonds is 1. The van der Waals surface area contributed by atoms with Crippen LogP contribution in [0.5, 0.6) is 0 Å². The van der Waals surface area contributed by atoms with E-state index >= 15 is 0 Å². The lowest BCUT2D eigenvalue weighted by Crippen LogP contribution is -2.45. The van der Waals surface area contributed by atoms with Crippen LogP contribution in [0.3, 0.4) is 0 Å². The molecule has 0 bridgehead atoms. The number of hydrogen-bond acceptors (Lipinski definition) is 3. The van der Waals surface area contributed by atoms with Crippen molar-refractivity contribution in [2.45, 2.75) is 45.0 Å². The predicted molar refractivity (Wildman–Crippen MR) is 60.4 cm³/mol. The molecule has 1 atom stereocenters. The van der Waals surface area contributed by atoms with Crippen molar-refractivity contribution in [1.29, 1.82) is 0 Å². The van der Waals surface area contributed by atoms with Gasteiger partial charge in [0.2, 0.25) is 0 Å². The van der Waals surface area contributed by atoms with Gasteiger partial charge >= 0.3 is 18.2 Å². The summed E-state index contributed by atoms with van der Waals surface area (Å²) in [5, 5.41) is 1.85. The molecule has 1 heterocycles. The molecule has 0 radical (unpaired) electrons. The average molecular weight is 282 g/mol. The zero-order valence-corrected chi connectivity index (χ0v) is 11.0. The van der Waals surface area contributed by atoms with Crippen LogP contribution in [0.25, 0.3) is 0 Å². The van der Waals surface area contributed by atoms with Gasteiger partial charge in [-0.15, -0.1) is 0 Å². The number of hydrogen-bond donors (Lipinski definition) is 1. The molecular weight excluding hydrogens is 265 g/mol. The van der Waals surface area contributed by atoms with E-state index in [1.807, 2.05) is 5.32 Å². The molecule has 0 spiro atoms. The van der Waals surface area contributed by atoms with E-state index in [0.29, 0.717) is 0 Å². The van der Waals surface area contributed by atoms with E-state index in [1.165, 1.54) is 4.90 Å². The van der Waals surface area contributed by atoms with Crippen molar-refractivity contribution in [3.63, 3.8) is 0 Å². The minimum Gasteiger partial charge on any atom is -0.444 e. The molecule has 8 heteroatoms. The van der Waals surface area contributed by atoms with Crippen LogP contribution < -0.4 is 5.32 Å². The lowest BCUT2D eigenvalue weighted by molar-refractivity contribution is -0.174. The van der Waals surface area contributed by atoms with Crippen LogP contribution in [0.1, 0.15) is 27.2 Å². The van der Waals surface area contributed by atoms with Crippen molar-refractivity contribution in [2.75, 3.05) is 13.1 Å². The zero-order chi connectivity index (χ0) is 14.8. The Bertz CT molecular complexity index is 363. The molecule has 2 amide bonds. The third kappa shape index (κ3) is 4.96. The Labute approximate surface area is 109 Å². The number of ether oxygens (including phenoxy) is 1. The minimum atomic E-state index is -4.90. The van der Waals surface area contributed by atoms with Crippen LogP contribution in [0.2, 0.25) is 0 Å². The number of likely N-dealkylation sites (tertiary alicyclic amines) is 1. The topological polar surface area (TPSA) is 58.6 Å². The van der Waals surface area contributed by atoms with Gasteiger partial charge in [-0.1, -0.05) is 0 Å². The van der Waals surface area contributed by atoms with Crippen LogP contribution in [-0.2, 0) is 9.53 Å². The summed E-state index contributed by atoms with van der Waals surface area (Å²) >= 11 is 0. The van der Waals surface area contributed by atoms with Gasteiger partial charge in [0.15, 0.2) is 0 Å². The first kappa shape index (κ1) is 15.6. The Morgan fingerprint density at radius 1 is 1.26 bits per heavy atom. The summed E-state index contributed by atoms with van der Waals surface area (Å²) in [6.45, 7) is 5.38. The Kier molecular flexibility index (Phi) is 4.32. The fraction of sp³-hybridized carbons (Fsp3) is 0.818. The second-order valence-electron chi connectivity index (χ2n) is 5.38. The van der Waals surface area contributed by atoms with E-state index in [4.69, 9.17) is 4.74 Å². The lowest BCUT2D eigenvalue weighted by Gasteiger charge is -2.24. The number of nitrogens with zero attached hydrogens (tertiary/aromatic N) is 1. The maximum absolute atomic E-state index is 12.1. The molecule has 5 nitrogen and oxygen atoms in total. The van der Waals surface area contributed by atoms with Gasteiger partial charge in [-0.25, -0.2) is 4.79 Å². The van der Waals surface area contributed by atoms with Crippen molar-refractivity contribution in [2.24, 2.45) is 0 Å². The number of halogens is 3. The SMILES string of the molecule is CC(C)(C)OC(=O)N1CC[C@H](NC(=O)C(F)(F)F)C1. The van der Waals surface area contributed by atoms with E-state index in [0.717, 1.165) is 0 Å². The van der Waals surface area contributed by atoms with Gasteiger partial charge in [0.25, 0.3) is 0 Å². The van der Waals surface area contributed by atoms with E-state index < -0.39 is 29.8 Å². The molecular formula is C11H17F3N2O3. The van der Waals surface area contributed by atoms with Gasteiger partial charge < -0.3 is 15.0 Å². The monoisotopic (exact) mass is 282 g/mol. The molecule has 1 fully saturated rings. The molecule has 1 aliphatic heterocycles. The van der Waals surface area contributed by atoms with Crippen LogP contribution in [0.15, 0.2) is 0 Å². The van der Waals surface area contributed by atoms with Crippen molar-refractivity contribution in [3.05, 3.63) is 0 Å². The van der Waals surface area contributed by atoms with Crippen LogP contribution in [-0.4, -0.2) is 47.8 Å². The normalized spacial score (nSPS) is 20.3. The maximum Gasteiger partial charge on any atom is 0.471 e. The molecule has 0 aromatic rings. The van der Waals surface area contributed by atoms with Gasteiger partial charge in [-0.2, -0.15) is 13.2 Å². The summed E-state index contributed by atoms with van der Waals surface area (Å²) < 4.78 is 41.3. The van der Waals surface area contributed by atoms with Crippen molar-refractivity contribution in [3.8, 4) is 0 Å². The fourth-order valence-electron chi connectivity index (χ4n) is 1.64. The molecule has 0 aliphatic carbocycles. The van der Waals surface area contributed by atoms with Crippen molar-refractivity contribution < 1.29 is 27.5 Å². The Morgan fingerprint density at radius 2 is 1.84 bits per heavy atom. The van der Waals surface area contributed by atoms with Gasteiger partial charge in [0, 0.05) is 19.1 Å². The molecule has 19 heavy (non-hydrogen) atoms. The second-order valence-corrected chi connectivity index (χ2v) is 5.38. The third-order valence-corrected chi connectivity index (χ3v) is 2.43. The second kappa shape index (κ2) is 5.26. The van der Waals surface area contributed by atoms with Gasteiger partial charge in [0.1, 0.15) is 5.60 Å². The zero-order valence-electron chi connectivity index (χ0n) is 11.0. The van der Waals surface area contributed by atoms with Crippen molar-refractivity contribution in [1.82, 2.24) is 10.2 Å². The fourth-order valence-corrected chi connectivity index (χ4v) is 1.64. The summed E-state index contributed by atoms with van der Waals surface area (Å²) in [5.41, 5.74) is -0.662. The summed E-state index contributed by atoms with van der Waals surface area (Å²) in [6.07, 6.45) is -5.21. The third-order valence-electron chi connectivity index (χ3n) is 2.43. The van der Waals surface area contributed by atoms with E-state index in [1.54, 1.807) is 20.8 Å². The van der Waals surface area contributed by atoms with E-state index in [-0.39, 0.29) is 19.5 Å². The number of carbonyl (C=O) groups excluding carboxylic acids is 2. The molecule has 1 rings (SSSR count). The molecule has 1 N–H and O–H groups in total. The molecule has 1 saturated heterocycles. The Hall–Kier alpha value is -1.47. The lowest BCUT2D eigenvalue weighted by atomic mass is 10.2. The molecule has 0 unspecified atom stereocenters. The summed E-state index contributed by atoms with van der Waals surface area (Å²) in [6, 6.07) is -0.693. The number of alkyl halides is 3. The smallest absolute Gasteiger partial charge is 0.444 e. The maximum atomic E-state index is 12.1. The van der Waals surface area contributed by atoms with Crippen LogP contribution in [0.4, 0.5) is 18.0 Å². The first-order valence-electron chi connectivity index (χ1n) is 5.84.